The van der Waals surface area contributed by atoms with Crippen molar-refractivity contribution in [3.05, 3.63) is 63.9 Å². The molecule has 0 aliphatic carbocycles. The lowest BCUT2D eigenvalue weighted by atomic mass is 9.69. The summed E-state index contributed by atoms with van der Waals surface area (Å²) in [6.45, 7) is 7.66. The molecule has 0 unspecified atom stereocenters. The maximum Gasteiger partial charge on any atom is 0.253 e. The Kier molecular flexibility index (Phi) is 6.75. The van der Waals surface area contributed by atoms with Gasteiger partial charge in [0, 0.05) is 32.6 Å². The molecule has 8 heteroatoms. The fourth-order valence-corrected chi connectivity index (χ4v) is 4.85. The Hall–Kier alpha value is -2.48. The molecule has 6 nitrogen and oxygen atoms in total. The molecule has 2 fully saturated rings. The second-order valence-corrected chi connectivity index (χ2v) is 9.65. The van der Waals surface area contributed by atoms with E-state index in [1.165, 1.54) is 13.1 Å². The zero-order valence-corrected chi connectivity index (χ0v) is 19.8. The number of rotatable bonds is 7. The van der Waals surface area contributed by atoms with Gasteiger partial charge in [0.05, 0.1) is 34.9 Å². The summed E-state index contributed by atoms with van der Waals surface area (Å²) in [6.07, 6.45) is 0. The van der Waals surface area contributed by atoms with Gasteiger partial charge in [-0.1, -0.05) is 49.7 Å². The molecule has 0 saturated carbocycles. The number of nitrogens with one attached hydrogen (secondary N) is 2. The third-order valence-corrected chi connectivity index (χ3v) is 6.81. The van der Waals surface area contributed by atoms with Gasteiger partial charge in [-0.3, -0.25) is 14.5 Å². The number of hydrogen-bond acceptors (Lipinski definition) is 4. The molecule has 33 heavy (non-hydrogen) atoms. The quantitative estimate of drug-likeness (QED) is 0.641. The monoisotopic (exact) mass is 473 g/mol. The molecule has 2 aromatic rings. The summed E-state index contributed by atoms with van der Waals surface area (Å²) in [5, 5.41) is 5.19. The van der Waals surface area contributed by atoms with Crippen molar-refractivity contribution in [3.8, 4) is 0 Å². The Balaban J connectivity index is 1.68. The van der Waals surface area contributed by atoms with E-state index in [9.17, 15) is 14.0 Å². The average Bonchev–Trinajstić information content (AvgIpc) is 2.73. The predicted molar refractivity (Wildman–Crippen MR) is 126 cm³/mol. The van der Waals surface area contributed by atoms with Crippen molar-refractivity contribution in [1.82, 2.24) is 10.2 Å². The predicted octanol–water partition coefficient (Wildman–Crippen LogP) is 3.80. The van der Waals surface area contributed by atoms with Crippen molar-refractivity contribution in [2.75, 3.05) is 45.2 Å². The van der Waals surface area contributed by atoms with E-state index in [0.29, 0.717) is 19.0 Å². The standard InChI is InChI=1S/C25H29ClFN3O3/c1-15(2)17-6-4-5-7-19(17)25(13-30(14-25)10-16-11-33-12-16)24(32)29-22-9-21(27)20(26)8-18(22)23(31)28-3/h4-9,15-16H,10-14H2,1-3H3,(H,28,31)(H,29,32). The Bertz CT molecular complexity index is 1060. The first kappa shape index (κ1) is 23.7. The van der Waals surface area contributed by atoms with Gasteiger partial charge in [-0.05, 0) is 29.2 Å². The second kappa shape index (κ2) is 9.41. The fourth-order valence-electron chi connectivity index (χ4n) is 4.69. The van der Waals surface area contributed by atoms with Crippen molar-refractivity contribution in [2.45, 2.75) is 25.2 Å². The van der Waals surface area contributed by atoms with E-state index in [1.54, 1.807) is 0 Å². The van der Waals surface area contributed by atoms with Gasteiger partial charge >= 0.3 is 0 Å². The number of benzene rings is 2. The first-order chi connectivity index (χ1) is 15.7. The van der Waals surface area contributed by atoms with Crippen molar-refractivity contribution in [2.24, 2.45) is 5.92 Å². The summed E-state index contributed by atoms with van der Waals surface area (Å²) in [6, 6.07) is 10.3. The van der Waals surface area contributed by atoms with E-state index in [0.717, 1.165) is 37.0 Å². The van der Waals surface area contributed by atoms with E-state index in [-0.39, 0.29) is 28.1 Å². The number of carbonyl (C=O) groups excluding carboxylic acids is 2. The van der Waals surface area contributed by atoms with Crippen molar-refractivity contribution in [3.63, 3.8) is 0 Å². The number of likely N-dealkylation sites (tertiary alicyclic amines) is 1. The molecular formula is C25H29ClFN3O3. The maximum atomic E-state index is 14.3. The number of halogens is 2. The van der Waals surface area contributed by atoms with E-state index < -0.39 is 17.1 Å². The number of nitrogens with zero attached hydrogens (tertiary/aromatic N) is 1. The zero-order valence-electron chi connectivity index (χ0n) is 19.1. The molecule has 0 spiro atoms. The van der Waals surface area contributed by atoms with Gasteiger partial charge in [0.15, 0.2) is 0 Å². The molecule has 0 radical (unpaired) electrons. The van der Waals surface area contributed by atoms with Crippen LogP contribution in [-0.2, 0) is 14.9 Å². The lowest BCUT2D eigenvalue weighted by molar-refractivity contribution is -0.130. The van der Waals surface area contributed by atoms with E-state index in [2.05, 4.69) is 35.4 Å². The minimum Gasteiger partial charge on any atom is -0.381 e. The number of ether oxygens (including phenoxy) is 1. The molecule has 0 bridgehead atoms. The van der Waals surface area contributed by atoms with Crippen LogP contribution in [0.4, 0.5) is 10.1 Å². The smallest absolute Gasteiger partial charge is 0.253 e. The Labute approximate surface area is 198 Å². The SMILES string of the molecule is CNC(=O)c1cc(Cl)c(F)cc1NC(=O)C1(c2ccccc2C(C)C)CN(CC2COC2)C1. The Morgan fingerprint density at radius 1 is 1.24 bits per heavy atom. The van der Waals surface area contributed by atoms with Crippen LogP contribution in [0.25, 0.3) is 0 Å². The molecule has 176 valence electrons. The zero-order chi connectivity index (χ0) is 23.8. The van der Waals surface area contributed by atoms with Crippen molar-refractivity contribution < 1.29 is 18.7 Å². The minimum atomic E-state index is -0.804. The van der Waals surface area contributed by atoms with E-state index in [1.807, 2.05) is 18.2 Å². The largest absolute Gasteiger partial charge is 0.381 e. The lowest BCUT2D eigenvalue weighted by Gasteiger charge is -2.51. The highest BCUT2D eigenvalue weighted by atomic mass is 35.5. The first-order valence-corrected chi connectivity index (χ1v) is 11.5. The topological polar surface area (TPSA) is 70.7 Å². The molecule has 2 aliphatic rings. The molecule has 2 saturated heterocycles. The molecule has 2 amide bonds. The fraction of sp³-hybridized carbons (Fsp3) is 0.440. The van der Waals surface area contributed by atoms with Crippen molar-refractivity contribution >= 4 is 29.1 Å². The maximum absolute atomic E-state index is 14.3. The molecule has 0 atom stereocenters. The molecular weight excluding hydrogens is 445 g/mol. The highest BCUT2D eigenvalue weighted by molar-refractivity contribution is 6.31. The van der Waals surface area contributed by atoms with Gasteiger partial charge < -0.3 is 15.4 Å². The Morgan fingerprint density at radius 3 is 2.55 bits per heavy atom. The number of amides is 2. The van der Waals surface area contributed by atoms with Crippen LogP contribution in [0, 0.1) is 11.7 Å². The van der Waals surface area contributed by atoms with Crippen LogP contribution in [0.3, 0.4) is 0 Å². The summed E-state index contributed by atoms with van der Waals surface area (Å²) >= 11 is 5.91. The minimum absolute atomic E-state index is 0.105. The highest BCUT2D eigenvalue weighted by Crippen LogP contribution is 2.41. The third kappa shape index (κ3) is 4.50. The summed E-state index contributed by atoms with van der Waals surface area (Å²) in [5.74, 6) is -0.699. The van der Waals surface area contributed by atoms with Crippen LogP contribution in [-0.4, -0.2) is 56.6 Å². The van der Waals surface area contributed by atoms with Crippen LogP contribution in [0.5, 0.6) is 0 Å². The van der Waals surface area contributed by atoms with Gasteiger partial charge in [0.2, 0.25) is 5.91 Å². The normalized spacial score (nSPS) is 17.9. The Morgan fingerprint density at radius 2 is 1.94 bits per heavy atom. The summed E-state index contributed by atoms with van der Waals surface area (Å²) in [7, 11) is 1.47. The van der Waals surface area contributed by atoms with E-state index >= 15 is 0 Å². The van der Waals surface area contributed by atoms with Crippen LogP contribution in [0.1, 0.15) is 41.3 Å². The molecule has 2 N–H and O–H groups in total. The molecule has 4 rings (SSSR count). The summed E-state index contributed by atoms with van der Waals surface area (Å²) < 4.78 is 19.6. The van der Waals surface area contributed by atoms with Crippen LogP contribution in [0.15, 0.2) is 36.4 Å². The first-order valence-electron chi connectivity index (χ1n) is 11.2. The van der Waals surface area contributed by atoms with Gasteiger partial charge in [-0.2, -0.15) is 0 Å². The number of anilines is 1. The summed E-state index contributed by atoms with van der Waals surface area (Å²) in [4.78, 5) is 28.4. The highest BCUT2D eigenvalue weighted by Gasteiger charge is 2.52. The van der Waals surface area contributed by atoms with Crippen LogP contribution in [0.2, 0.25) is 5.02 Å². The van der Waals surface area contributed by atoms with Gasteiger partial charge in [-0.15, -0.1) is 0 Å². The van der Waals surface area contributed by atoms with Gasteiger partial charge in [0.1, 0.15) is 5.82 Å². The molecule has 2 aliphatic heterocycles. The van der Waals surface area contributed by atoms with Crippen LogP contribution >= 0.6 is 11.6 Å². The second-order valence-electron chi connectivity index (χ2n) is 9.24. The van der Waals surface area contributed by atoms with E-state index in [4.69, 9.17) is 16.3 Å². The van der Waals surface area contributed by atoms with Crippen molar-refractivity contribution in [1.29, 1.82) is 0 Å². The third-order valence-electron chi connectivity index (χ3n) is 6.52. The molecule has 2 aromatic carbocycles. The lowest BCUT2D eigenvalue weighted by Crippen LogP contribution is -2.66. The number of hydrogen-bond donors (Lipinski definition) is 2. The number of carbonyl (C=O) groups is 2. The van der Waals surface area contributed by atoms with Gasteiger partial charge in [-0.25, -0.2) is 4.39 Å². The van der Waals surface area contributed by atoms with Crippen LogP contribution < -0.4 is 10.6 Å². The van der Waals surface area contributed by atoms with Gasteiger partial charge in [0.25, 0.3) is 5.91 Å². The average molecular weight is 474 g/mol. The summed E-state index contributed by atoms with van der Waals surface area (Å²) in [5.41, 5.74) is 1.49. The molecule has 2 heterocycles. The molecule has 0 aromatic heterocycles.